The number of hydrogen-bond acceptors (Lipinski definition) is 18. The molecule has 8 aromatic rings. The summed E-state index contributed by atoms with van der Waals surface area (Å²) in [4.78, 5) is 68.1. The summed E-state index contributed by atoms with van der Waals surface area (Å²) in [5.41, 5.74) is 8.07. The summed E-state index contributed by atoms with van der Waals surface area (Å²) in [6.45, 7) is 49.5. The number of carbonyl (C=O) groups is 6. The quantitative estimate of drug-likeness (QED) is 0.0154. The summed E-state index contributed by atoms with van der Waals surface area (Å²) in [5, 5.41) is 3.99. The van der Waals surface area contributed by atoms with E-state index in [1.165, 1.54) is 0 Å². The van der Waals surface area contributed by atoms with Gasteiger partial charge in [0.15, 0.2) is 0 Å². The molecule has 0 amide bonds. The Morgan fingerprint density at radius 1 is 0.216 bits per heavy atom. The first kappa shape index (κ1) is 88.4. The van der Waals surface area contributed by atoms with Crippen molar-refractivity contribution in [2.75, 3.05) is 40.8 Å². The maximum Gasteiger partial charge on any atom is 0.335 e. The van der Waals surface area contributed by atoms with E-state index in [1.54, 1.807) is 77.9 Å². The van der Waals surface area contributed by atoms with E-state index in [1.807, 2.05) is 203 Å². The van der Waals surface area contributed by atoms with Crippen LogP contribution in [-0.4, -0.2) is 76.6 Å². The minimum Gasteiger partial charge on any atom is -0.457 e. The van der Waals surface area contributed by atoms with Crippen molar-refractivity contribution in [2.45, 2.75) is 111 Å². The van der Waals surface area contributed by atoms with Gasteiger partial charge in [-0.25, -0.2) is 28.8 Å². The zero-order chi connectivity index (χ0) is 76.7. The Bertz CT molecular complexity index is 3720. The SMILES string of the molecule is C=C(C)C(=O)OCOc1ccc(-c2ccc(-c3ccc(OCOC(=O)C(=C)C)cc3)cc2)cc1.C=C(C)C(=O)OCOc1ccc(-c2ccc(OCOC(=O)C(=C)C)cc2)cc1.C=C(C)C(=O)OCOc1ccc2cc3cc(OCOC(=O)C(=C)C)ccc3cc2c1.CC.CC.CC.CC.CC. The standard InChI is InChI=1S/C28H26O6.C24H22O6.C22H22O6.5C2H6/c1-19(2)27(29)33-17-31-25-13-9-23(10-14-25)21-5-7-22(8-6-21)24-11-15-26(16-12-24)32-18-34-28(30)20(3)4;1-15(2)23(25)29-13-27-21-7-5-17-10-20-12-22(28-14-30-24(26)16(3)4)8-6-18(20)9-19(17)11-21;1-15(2)21(23)27-13-25-19-9-5-17(6-10-19)18-7-11-20(12-8-18)26-14-28-22(24)16(3)4;5*1-2/h5-16H,1,3,17-18H2,2,4H3;5-12H,1,3,13-14H2,2,4H3;5-12H,1,3,13-14H2,2,4H3;5*1-2H3. The predicted octanol–water partition coefficient (Wildman–Crippen LogP) is 20.2. The van der Waals surface area contributed by atoms with Gasteiger partial charge in [-0.15, -0.1) is 0 Å². The van der Waals surface area contributed by atoms with E-state index < -0.39 is 35.8 Å². The van der Waals surface area contributed by atoms with Gasteiger partial charge in [-0.05, 0) is 181 Å². The Balaban J connectivity index is 0.000000722. The summed E-state index contributed by atoms with van der Waals surface area (Å²) in [6, 6.07) is 53.2. The average molecular weight is 1400 g/mol. The monoisotopic (exact) mass is 1400 g/mol. The fourth-order valence-corrected chi connectivity index (χ4v) is 7.61. The number of esters is 6. The summed E-state index contributed by atoms with van der Waals surface area (Å²) >= 11 is 0. The molecule has 544 valence electrons. The molecule has 0 heterocycles. The first-order valence-electron chi connectivity index (χ1n) is 33.2. The molecule has 18 nitrogen and oxygen atoms in total. The van der Waals surface area contributed by atoms with E-state index >= 15 is 0 Å². The Morgan fingerprint density at radius 3 is 0.529 bits per heavy atom. The average Bonchev–Trinajstić information content (AvgIpc) is 0.812. The van der Waals surface area contributed by atoms with Crippen LogP contribution in [0.15, 0.2) is 243 Å². The van der Waals surface area contributed by atoms with Gasteiger partial charge in [-0.3, -0.25) is 0 Å². The maximum absolute atomic E-state index is 11.4. The van der Waals surface area contributed by atoms with Crippen LogP contribution in [0.1, 0.15) is 111 Å². The van der Waals surface area contributed by atoms with Gasteiger partial charge in [0.1, 0.15) is 34.5 Å². The van der Waals surface area contributed by atoms with Crippen LogP contribution < -0.4 is 28.4 Å². The molecule has 102 heavy (non-hydrogen) atoms. The molecule has 0 fully saturated rings. The number of benzene rings is 8. The van der Waals surface area contributed by atoms with Crippen molar-refractivity contribution in [1.29, 1.82) is 0 Å². The minimum atomic E-state index is -0.492. The van der Waals surface area contributed by atoms with Crippen molar-refractivity contribution in [1.82, 2.24) is 0 Å². The van der Waals surface area contributed by atoms with Gasteiger partial charge in [0.25, 0.3) is 0 Å². The molecule has 8 aromatic carbocycles. The highest BCUT2D eigenvalue weighted by atomic mass is 16.7. The Labute approximate surface area is 602 Å². The van der Waals surface area contributed by atoms with Gasteiger partial charge in [-0.1, -0.05) is 194 Å². The van der Waals surface area contributed by atoms with E-state index in [-0.39, 0.29) is 40.8 Å². The highest BCUT2D eigenvalue weighted by molar-refractivity contribution is 5.99. The van der Waals surface area contributed by atoms with Crippen molar-refractivity contribution >= 4 is 57.4 Å². The lowest BCUT2D eigenvalue weighted by Gasteiger charge is -2.10. The number of fused-ring (bicyclic) bond motifs is 2. The smallest absolute Gasteiger partial charge is 0.335 e. The largest absolute Gasteiger partial charge is 0.457 e. The second-order valence-corrected chi connectivity index (χ2v) is 20.4. The molecule has 0 aliphatic heterocycles. The van der Waals surface area contributed by atoms with Crippen molar-refractivity contribution in [3.05, 3.63) is 243 Å². The molecule has 0 saturated heterocycles. The van der Waals surface area contributed by atoms with E-state index in [0.717, 1.165) is 54.9 Å². The molecular formula is C84H100O18. The highest BCUT2D eigenvalue weighted by Crippen LogP contribution is 2.31. The molecule has 18 heteroatoms. The summed E-state index contributed by atoms with van der Waals surface area (Å²) < 4.78 is 62.1. The van der Waals surface area contributed by atoms with Gasteiger partial charge < -0.3 is 56.8 Å². The van der Waals surface area contributed by atoms with Gasteiger partial charge in [0, 0.05) is 33.4 Å². The third-order valence-corrected chi connectivity index (χ3v) is 12.6. The van der Waals surface area contributed by atoms with Crippen LogP contribution in [0, 0.1) is 0 Å². The molecule has 0 atom stereocenters. The molecule has 0 unspecified atom stereocenters. The van der Waals surface area contributed by atoms with Crippen molar-refractivity contribution in [3.63, 3.8) is 0 Å². The van der Waals surface area contributed by atoms with E-state index in [9.17, 15) is 28.8 Å². The topological polar surface area (TPSA) is 213 Å². The number of ether oxygens (including phenoxy) is 12. The zero-order valence-corrected chi connectivity index (χ0v) is 62.0. The highest BCUT2D eigenvalue weighted by Gasteiger charge is 2.11. The number of hydrogen-bond donors (Lipinski definition) is 0. The Kier molecular flexibility index (Phi) is 43.1. The third kappa shape index (κ3) is 32.3. The molecule has 0 spiro atoms. The van der Waals surface area contributed by atoms with Crippen molar-refractivity contribution in [3.8, 4) is 67.9 Å². The van der Waals surface area contributed by atoms with Crippen LogP contribution in [0.4, 0.5) is 0 Å². The molecule has 8 rings (SSSR count). The van der Waals surface area contributed by atoms with Gasteiger partial charge >= 0.3 is 35.8 Å². The fraction of sp³-hybridized carbons (Fsp3) is 0.262. The van der Waals surface area contributed by atoms with Crippen molar-refractivity contribution in [2.24, 2.45) is 0 Å². The third-order valence-electron chi connectivity index (χ3n) is 12.6. The maximum atomic E-state index is 11.4. The molecular weight excluding hydrogens is 1300 g/mol. The second-order valence-electron chi connectivity index (χ2n) is 20.4. The van der Waals surface area contributed by atoms with Crippen LogP contribution in [0.2, 0.25) is 0 Å². The molecule has 0 radical (unpaired) electrons. The zero-order valence-electron chi connectivity index (χ0n) is 62.0. The summed E-state index contributed by atoms with van der Waals surface area (Å²) in [7, 11) is 0. The van der Waals surface area contributed by atoms with E-state index in [0.29, 0.717) is 67.9 Å². The van der Waals surface area contributed by atoms with E-state index in [4.69, 9.17) is 56.8 Å². The number of rotatable bonds is 27. The van der Waals surface area contributed by atoms with Gasteiger partial charge in [0.05, 0.1) is 0 Å². The fourth-order valence-electron chi connectivity index (χ4n) is 7.61. The summed E-state index contributed by atoms with van der Waals surface area (Å²) in [5.74, 6) is 0.621. The number of carbonyl (C=O) groups excluding carboxylic acids is 6. The lowest BCUT2D eigenvalue weighted by atomic mass is 10.0. The van der Waals surface area contributed by atoms with Crippen LogP contribution in [0.3, 0.4) is 0 Å². The lowest BCUT2D eigenvalue weighted by Crippen LogP contribution is -2.10. The molecule has 0 aliphatic rings. The first-order valence-corrected chi connectivity index (χ1v) is 33.2. The minimum absolute atomic E-state index is 0.163. The molecule has 0 bridgehead atoms. The molecule has 0 aromatic heterocycles. The normalized spacial score (nSPS) is 9.49. The lowest BCUT2D eigenvalue weighted by molar-refractivity contribution is -0.146. The van der Waals surface area contributed by atoms with Gasteiger partial charge in [-0.2, -0.15) is 0 Å². The van der Waals surface area contributed by atoms with Crippen LogP contribution in [-0.2, 0) is 57.2 Å². The molecule has 0 N–H and O–H groups in total. The Hall–Kier alpha value is -11.7. The van der Waals surface area contributed by atoms with Crippen molar-refractivity contribution < 1.29 is 85.6 Å². The Morgan fingerprint density at radius 2 is 0.363 bits per heavy atom. The second kappa shape index (κ2) is 49.8. The molecule has 0 saturated carbocycles. The van der Waals surface area contributed by atoms with Gasteiger partial charge in [0.2, 0.25) is 40.8 Å². The van der Waals surface area contributed by atoms with Crippen LogP contribution >= 0.6 is 0 Å². The summed E-state index contributed by atoms with van der Waals surface area (Å²) in [6.07, 6.45) is 0. The van der Waals surface area contributed by atoms with Crippen LogP contribution in [0.25, 0.3) is 54.9 Å². The van der Waals surface area contributed by atoms with Crippen LogP contribution in [0.5, 0.6) is 34.5 Å². The first-order chi connectivity index (χ1) is 49.0. The molecule has 0 aliphatic carbocycles. The predicted molar refractivity (Wildman–Crippen MR) is 406 cm³/mol. The van der Waals surface area contributed by atoms with E-state index in [2.05, 4.69) is 39.5 Å².